The van der Waals surface area contributed by atoms with Gasteiger partial charge in [0.05, 0.1) is 4.90 Å². The lowest BCUT2D eigenvalue weighted by atomic mass is 10.0. The molecule has 0 saturated carbocycles. The molecule has 1 heterocycles. The van der Waals surface area contributed by atoms with Gasteiger partial charge in [0.2, 0.25) is 10.0 Å². The summed E-state index contributed by atoms with van der Waals surface area (Å²) in [5.41, 5.74) is 2.10. The molecule has 1 aliphatic rings. The molecule has 1 aromatic carbocycles. The molecule has 0 saturated heterocycles. The predicted octanol–water partition coefficient (Wildman–Crippen LogP) is 2.14. The van der Waals surface area contributed by atoms with Crippen molar-refractivity contribution in [3.05, 3.63) is 29.3 Å². The molecule has 1 aliphatic heterocycles. The van der Waals surface area contributed by atoms with Gasteiger partial charge in [0.15, 0.2) is 0 Å². The molecule has 0 aromatic heterocycles. The van der Waals surface area contributed by atoms with Crippen molar-refractivity contribution in [2.75, 3.05) is 13.6 Å². The van der Waals surface area contributed by atoms with Crippen LogP contribution in [-0.2, 0) is 23.0 Å². The highest BCUT2D eigenvalue weighted by atomic mass is 32.2. The molecular formula is C15H24N2O2S. The van der Waals surface area contributed by atoms with Crippen LogP contribution in [0.1, 0.15) is 37.8 Å². The van der Waals surface area contributed by atoms with E-state index in [0.29, 0.717) is 4.90 Å². The first kappa shape index (κ1) is 15.5. The van der Waals surface area contributed by atoms with Gasteiger partial charge >= 0.3 is 0 Å². The Morgan fingerprint density at radius 2 is 2.00 bits per heavy atom. The summed E-state index contributed by atoms with van der Waals surface area (Å²) in [6.45, 7) is 5.66. The standard InChI is InChI=1S/C15H24N2O2S/c1-4-13(5-2)17(3)20(18,19)15-8-6-7-12-11-16-10-9-14(12)15/h6-8,13,16H,4-5,9-11H2,1-3H3. The maximum absolute atomic E-state index is 12.9. The second-order valence-corrected chi connectivity index (χ2v) is 7.28. The van der Waals surface area contributed by atoms with Crippen molar-refractivity contribution in [2.45, 2.75) is 50.6 Å². The molecule has 1 aromatic rings. The summed E-state index contributed by atoms with van der Waals surface area (Å²) in [6.07, 6.45) is 2.45. The van der Waals surface area contributed by atoms with Crippen molar-refractivity contribution < 1.29 is 8.42 Å². The molecule has 0 unspecified atom stereocenters. The van der Waals surface area contributed by atoms with Gasteiger partial charge < -0.3 is 5.32 Å². The van der Waals surface area contributed by atoms with Crippen LogP contribution in [0.5, 0.6) is 0 Å². The van der Waals surface area contributed by atoms with Crippen molar-refractivity contribution in [3.63, 3.8) is 0 Å². The lowest BCUT2D eigenvalue weighted by Gasteiger charge is -2.28. The third-order valence-corrected chi connectivity index (χ3v) is 6.21. The second kappa shape index (κ2) is 6.24. The highest BCUT2D eigenvalue weighted by Crippen LogP contribution is 2.27. The highest BCUT2D eigenvalue weighted by Gasteiger charge is 2.29. The van der Waals surface area contributed by atoms with Crippen LogP contribution in [0, 0.1) is 0 Å². The van der Waals surface area contributed by atoms with Gasteiger partial charge in [-0.3, -0.25) is 0 Å². The van der Waals surface area contributed by atoms with Gasteiger partial charge in [-0.25, -0.2) is 8.42 Å². The molecule has 5 heteroatoms. The Bertz CT molecular complexity index is 565. The molecule has 0 spiro atoms. The minimum absolute atomic E-state index is 0.0672. The van der Waals surface area contributed by atoms with Gasteiger partial charge in [-0.15, -0.1) is 0 Å². The molecule has 0 amide bonds. The lowest BCUT2D eigenvalue weighted by Crippen LogP contribution is -2.37. The zero-order chi connectivity index (χ0) is 14.8. The first-order valence-electron chi connectivity index (χ1n) is 7.31. The Kier molecular flexibility index (Phi) is 4.83. The summed E-state index contributed by atoms with van der Waals surface area (Å²) in [5, 5.41) is 3.29. The predicted molar refractivity (Wildman–Crippen MR) is 81.2 cm³/mol. The van der Waals surface area contributed by atoms with E-state index >= 15 is 0 Å². The third kappa shape index (κ3) is 2.75. The number of hydrogen-bond acceptors (Lipinski definition) is 3. The zero-order valence-electron chi connectivity index (χ0n) is 12.5. The average molecular weight is 296 g/mol. The maximum atomic E-state index is 12.9. The topological polar surface area (TPSA) is 49.4 Å². The van der Waals surface area contributed by atoms with Crippen LogP contribution in [0.25, 0.3) is 0 Å². The average Bonchev–Trinajstić information content (AvgIpc) is 2.47. The minimum Gasteiger partial charge on any atom is -0.312 e. The number of rotatable bonds is 5. The molecule has 20 heavy (non-hydrogen) atoms. The zero-order valence-corrected chi connectivity index (χ0v) is 13.3. The first-order chi connectivity index (χ1) is 9.52. The van der Waals surface area contributed by atoms with E-state index in [1.54, 1.807) is 17.4 Å². The van der Waals surface area contributed by atoms with E-state index < -0.39 is 10.0 Å². The Hall–Kier alpha value is -0.910. The molecule has 0 radical (unpaired) electrons. The fourth-order valence-corrected chi connectivity index (χ4v) is 4.69. The fourth-order valence-electron chi connectivity index (χ4n) is 2.89. The molecule has 0 aliphatic carbocycles. The number of hydrogen-bond donors (Lipinski definition) is 1. The van der Waals surface area contributed by atoms with Crippen molar-refractivity contribution in [1.82, 2.24) is 9.62 Å². The van der Waals surface area contributed by atoms with Crippen LogP contribution in [0.15, 0.2) is 23.1 Å². The lowest BCUT2D eigenvalue weighted by molar-refractivity contribution is 0.349. The van der Waals surface area contributed by atoms with Crippen molar-refractivity contribution in [3.8, 4) is 0 Å². The van der Waals surface area contributed by atoms with Crippen molar-refractivity contribution in [1.29, 1.82) is 0 Å². The molecule has 4 nitrogen and oxygen atoms in total. The van der Waals surface area contributed by atoms with Gasteiger partial charge in [-0.1, -0.05) is 26.0 Å². The van der Waals surface area contributed by atoms with Crippen LogP contribution in [0.4, 0.5) is 0 Å². The molecule has 2 rings (SSSR count). The smallest absolute Gasteiger partial charge is 0.243 e. The van der Waals surface area contributed by atoms with E-state index in [1.165, 1.54) is 0 Å². The van der Waals surface area contributed by atoms with E-state index in [2.05, 4.69) is 5.32 Å². The van der Waals surface area contributed by atoms with E-state index in [9.17, 15) is 8.42 Å². The fraction of sp³-hybridized carbons (Fsp3) is 0.600. The number of benzene rings is 1. The summed E-state index contributed by atoms with van der Waals surface area (Å²) in [7, 11) is -1.70. The van der Waals surface area contributed by atoms with E-state index in [4.69, 9.17) is 0 Å². The number of nitrogens with one attached hydrogen (secondary N) is 1. The molecule has 0 bridgehead atoms. The molecule has 0 fully saturated rings. The summed E-state index contributed by atoms with van der Waals surface area (Å²) >= 11 is 0. The monoisotopic (exact) mass is 296 g/mol. The summed E-state index contributed by atoms with van der Waals surface area (Å²) < 4.78 is 27.3. The quantitative estimate of drug-likeness (QED) is 0.905. The van der Waals surface area contributed by atoms with Crippen LogP contribution in [0.3, 0.4) is 0 Å². The molecule has 0 atom stereocenters. The SMILES string of the molecule is CCC(CC)N(C)S(=O)(=O)c1cccc2c1CCNC2. The Morgan fingerprint density at radius 3 is 2.65 bits per heavy atom. The molecule has 112 valence electrons. The van der Waals surface area contributed by atoms with Gasteiger partial charge in [0, 0.05) is 19.6 Å². The largest absolute Gasteiger partial charge is 0.312 e. The van der Waals surface area contributed by atoms with Gasteiger partial charge in [0.1, 0.15) is 0 Å². The van der Waals surface area contributed by atoms with Gasteiger partial charge in [0.25, 0.3) is 0 Å². The van der Waals surface area contributed by atoms with Crippen LogP contribution >= 0.6 is 0 Å². The van der Waals surface area contributed by atoms with Crippen LogP contribution in [0.2, 0.25) is 0 Å². The van der Waals surface area contributed by atoms with E-state index in [1.807, 2.05) is 26.0 Å². The Labute approximate surface area is 122 Å². The number of fused-ring (bicyclic) bond motifs is 1. The third-order valence-electron chi connectivity index (χ3n) is 4.21. The Morgan fingerprint density at radius 1 is 1.30 bits per heavy atom. The second-order valence-electron chi connectivity index (χ2n) is 5.31. The maximum Gasteiger partial charge on any atom is 0.243 e. The number of sulfonamides is 1. The Balaban J connectivity index is 2.44. The van der Waals surface area contributed by atoms with Gasteiger partial charge in [-0.2, -0.15) is 4.31 Å². The minimum atomic E-state index is -3.40. The summed E-state index contributed by atoms with van der Waals surface area (Å²) in [5.74, 6) is 0. The van der Waals surface area contributed by atoms with Crippen molar-refractivity contribution >= 4 is 10.0 Å². The normalized spacial score (nSPS) is 15.7. The summed E-state index contributed by atoms with van der Waals surface area (Å²) in [4.78, 5) is 0.492. The van der Waals surface area contributed by atoms with Crippen molar-refractivity contribution in [2.24, 2.45) is 0 Å². The van der Waals surface area contributed by atoms with E-state index in [0.717, 1.165) is 43.5 Å². The molecule has 1 N–H and O–H groups in total. The number of nitrogens with zero attached hydrogens (tertiary/aromatic N) is 1. The van der Waals surface area contributed by atoms with Crippen LogP contribution in [-0.4, -0.2) is 32.4 Å². The molecular weight excluding hydrogens is 272 g/mol. The van der Waals surface area contributed by atoms with E-state index in [-0.39, 0.29) is 6.04 Å². The summed E-state index contributed by atoms with van der Waals surface area (Å²) in [6, 6.07) is 5.67. The highest BCUT2D eigenvalue weighted by molar-refractivity contribution is 7.89. The first-order valence-corrected chi connectivity index (χ1v) is 8.75. The van der Waals surface area contributed by atoms with Gasteiger partial charge in [-0.05, 0) is 43.0 Å². The van der Waals surface area contributed by atoms with Crippen LogP contribution < -0.4 is 5.32 Å².